The first-order valence-electron chi connectivity index (χ1n) is 45.4. The zero-order chi connectivity index (χ0) is 89.9. The van der Waals surface area contributed by atoms with Crippen LogP contribution in [-0.4, -0.2) is 126 Å². The summed E-state index contributed by atoms with van der Waals surface area (Å²) < 4.78 is 31.7. The van der Waals surface area contributed by atoms with Gasteiger partial charge in [0.05, 0.1) is 0 Å². The third-order valence-corrected chi connectivity index (χ3v) is 27.7. The fourth-order valence-electron chi connectivity index (χ4n) is 19.8. The van der Waals surface area contributed by atoms with Gasteiger partial charge in [0.1, 0.15) is 53.5 Å². The maximum atomic E-state index is 12.2. The van der Waals surface area contributed by atoms with Gasteiger partial charge in [-0.15, -0.1) is 0 Å². The Balaban J connectivity index is 0.833. The highest BCUT2D eigenvalue weighted by Crippen LogP contribution is 2.47. The predicted octanol–water partition coefficient (Wildman–Crippen LogP) is 20.4. The molecule has 26 heteroatoms. The second kappa shape index (κ2) is 27.1. The average molecular weight is 1660 g/mol. The minimum absolute atomic E-state index is 0.245. The van der Waals surface area contributed by atoms with Crippen LogP contribution in [0.25, 0.3) is 162 Å². The summed E-state index contributed by atoms with van der Waals surface area (Å²) in [4.78, 5) is 56.4. The Labute approximate surface area is 740 Å². The number of hydrogen-bond donors (Lipinski definition) is 2. The van der Waals surface area contributed by atoms with Crippen molar-refractivity contribution in [3.63, 3.8) is 0 Å². The standard InChI is InChI=1S/C100H112B10N10O6/c1-91(2,3)51-31-61-81-63(33-51)103(113-73-43-56(96(16,17)18)41-71(86(73)81)111-101(61)121)123-105-65-35-53(93(7,8)9)37-67-83(65)88-75(115-105)45-58(98(22,23)24)47-77(88)117-107(67)125-109-69-39-55(95(13,14)15)40-70-85(69)90-79(119-109)49-60(100(28,29)30)50-80(90)120-110(70)126-108-68-38-54(94(10,11)12)36-66-84(68)89-76(46-59(99(25,26)27)48-78(89)118-108)116-106(66)124-104-64-34-52(92(4,5)6)32-62-82(64)87-72(112-102(62)122)42-57(97(19,20)21)44-74(87)114-104/h31-50,121-122H,1-30H3/q-10. The molecule has 16 nitrogen and oxygen atoms in total. The molecule has 0 atom stereocenters. The van der Waals surface area contributed by atoms with Crippen LogP contribution in [-0.2, 0) is 54.1 Å². The molecule has 0 unspecified atom stereocenters. The van der Waals surface area contributed by atoms with E-state index in [1.165, 1.54) is 0 Å². The summed E-state index contributed by atoms with van der Waals surface area (Å²) in [5.74, 6) is 0. The molecule has 10 heterocycles. The van der Waals surface area contributed by atoms with Gasteiger partial charge in [-0.2, -0.15) is 52.8 Å². The Morgan fingerprint density at radius 1 is 0.159 bits per heavy atom. The first kappa shape index (κ1) is 83.8. The Morgan fingerprint density at radius 2 is 0.270 bits per heavy atom. The van der Waals surface area contributed by atoms with Gasteiger partial charge in [-0.3, -0.25) is 0 Å². The SMILES string of the molecule is CC(C)(C)c1cc2n[b-](O)c3cc(C(C)(C)C)cc4[b-](O[b-]5nc6cc(C(C)(C)C)cc7n[b-](O[b-]8nc9cc(C(C)(C)C)cc%10n[b-](O[b-]%11nc%12cc(C(C)(C)C)cc%13n[b-](O[b-]%14nc%15cc(C(C)(C)C)cc%16n[b-](O)c%17cc(C(C)(C)C)cc%14c%17c%16%15)c%14cc(C(C)(C)C)cc%11c%14c%13%12)c%11cc(C(C)(C)C)cc8c%11c9%10)c8cc(C(C)(C)C)cc5c8c67)nc(c1)c2c34. The molecule has 10 aromatic carbocycles. The fraction of sp³-hybridized carbons (Fsp3) is 0.400. The zero-order valence-electron chi connectivity index (χ0n) is 79.3. The van der Waals surface area contributed by atoms with Gasteiger partial charge < -0.3 is 77.2 Å². The van der Waals surface area contributed by atoms with Gasteiger partial charge in [0.25, 0.3) is 0 Å². The van der Waals surface area contributed by atoms with Gasteiger partial charge in [-0.25, -0.2) is 0 Å². The molecule has 2 N–H and O–H groups in total. The largest absolute Gasteiger partial charge is 0.959 e. The molecule has 20 rings (SSSR count). The van der Waals surface area contributed by atoms with Crippen molar-refractivity contribution in [3.8, 4) is 0 Å². The molecule has 0 spiro atoms. The highest BCUT2D eigenvalue weighted by Gasteiger charge is 2.29. The summed E-state index contributed by atoms with van der Waals surface area (Å²) in [6.07, 6.45) is 0. The molecule has 0 aliphatic rings. The summed E-state index contributed by atoms with van der Waals surface area (Å²) in [6.45, 7) is 57.8. The summed E-state index contributed by atoms with van der Waals surface area (Å²) in [5.41, 5.74) is 15.2. The highest BCUT2D eigenvalue weighted by molar-refractivity contribution is 6.78. The van der Waals surface area contributed by atoms with Crippen LogP contribution in [0.4, 0.5) is 0 Å². The zero-order valence-corrected chi connectivity index (χ0v) is 79.3. The van der Waals surface area contributed by atoms with Gasteiger partial charge in [0, 0.05) is 82.1 Å². The van der Waals surface area contributed by atoms with Crippen LogP contribution in [0.5, 0.6) is 0 Å². The lowest BCUT2D eigenvalue weighted by Crippen LogP contribution is -2.31. The van der Waals surface area contributed by atoms with Crippen molar-refractivity contribution in [2.45, 2.75) is 262 Å². The van der Waals surface area contributed by atoms with Crippen molar-refractivity contribution in [2.75, 3.05) is 0 Å². The van der Waals surface area contributed by atoms with Crippen LogP contribution < -0.4 is 18.3 Å². The maximum absolute atomic E-state index is 12.2. The van der Waals surface area contributed by atoms with E-state index in [0.717, 1.165) is 217 Å². The van der Waals surface area contributed by atoms with E-state index in [9.17, 15) is 10.0 Å². The first-order valence-corrected chi connectivity index (χ1v) is 45.4. The van der Waals surface area contributed by atoms with Gasteiger partial charge in [-0.1, -0.05) is 295 Å². The molecule has 0 saturated heterocycles. The molecule has 0 aliphatic carbocycles. The number of hydrogen-bond acceptors (Lipinski definition) is 16. The molecule has 126 heavy (non-hydrogen) atoms. The minimum Gasteiger partial charge on any atom is -0.959 e. The van der Waals surface area contributed by atoms with E-state index in [2.05, 4.69) is 329 Å². The van der Waals surface area contributed by atoms with Crippen molar-refractivity contribution in [3.05, 3.63) is 177 Å². The van der Waals surface area contributed by atoms with Crippen LogP contribution in [0.1, 0.15) is 263 Å². The highest BCUT2D eigenvalue weighted by atomic mass is 16.4. The molecule has 0 radical (unpaired) electrons. The normalized spacial score (nSPS) is 13.9. The van der Waals surface area contributed by atoms with Gasteiger partial charge in [0.2, 0.25) is 0 Å². The number of rotatable bonds is 8. The van der Waals surface area contributed by atoms with E-state index in [4.69, 9.17) is 67.2 Å². The average Bonchev–Trinajstić information content (AvgIpc) is 0.718. The second-order valence-electron chi connectivity index (χ2n) is 47.5. The topological polar surface area (TPSA) is 206 Å². The molecule has 20 aromatic rings. The number of nitrogens with zero attached hydrogens (tertiary/aromatic N) is 10. The fourth-order valence-corrected chi connectivity index (χ4v) is 19.8. The lowest BCUT2D eigenvalue weighted by atomic mass is 9.69. The summed E-state index contributed by atoms with van der Waals surface area (Å²) in [7, 11) is 0. The Morgan fingerprint density at radius 3 is 0.405 bits per heavy atom. The summed E-state index contributed by atoms with van der Waals surface area (Å²) in [5, 5.41) is 42.5. The molecule has 10 aromatic heterocycles. The quantitative estimate of drug-likeness (QED) is 0.136. The molecule has 0 saturated carbocycles. The van der Waals surface area contributed by atoms with Gasteiger partial charge in [-0.05, 0) is 170 Å². The van der Waals surface area contributed by atoms with E-state index in [1.54, 1.807) is 0 Å². The van der Waals surface area contributed by atoms with E-state index >= 15 is 0 Å². The maximum Gasteiger partial charge on any atom is 0.177 e. The lowest BCUT2D eigenvalue weighted by molar-refractivity contribution is 0.589. The lowest BCUT2D eigenvalue weighted by Gasteiger charge is -2.41. The molecular formula is C100H112B10N10O6-10. The molecular weight excluding hydrogens is 1550 g/mol. The van der Waals surface area contributed by atoms with Crippen LogP contribution in [0.2, 0.25) is 0 Å². The van der Waals surface area contributed by atoms with Crippen LogP contribution in [0.15, 0.2) is 121 Å². The molecule has 0 aliphatic heterocycles. The smallest absolute Gasteiger partial charge is 0.177 e. The Kier molecular flexibility index (Phi) is 18.1. The molecule has 0 fully saturated rings. The minimum atomic E-state index is -1.09. The monoisotopic (exact) mass is 1660 g/mol. The van der Waals surface area contributed by atoms with Crippen molar-refractivity contribution in [2.24, 2.45) is 0 Å². The van der Waals surface area contributed by atoms with Crippen molar-refractivity contribution < 1.29 is 28.3 Å². The summed E-state index contributed by atoms with van der Waals surface area (Å²) in [6, 6.07) is 44.7. The Hall–Kier alpha value is -10.4. The van der Waals surface area contributed by atoms with Crippen LogP contribution >= 0.6 is 0 Å². The number of aromatic nitrogens is 10. The van der Waals surface area contributed by atoms with E-state index in [1.807, 2.05) is 0 Å². The van der Waals surface area contributed by atoms with Gasteiger partial charge in [0.15, 0.2) is 13.4 Å². The second-order valence-corrected chi connectivity index (χ2v) is 47.5. The third kappa shape index (κ3) is 13.6. The van der Waals surface area contributed by atoms with Gasteiger partial charge >= 0.3 is 0 Å². The van der Waals surface area contributed by atoms with E-state index < -0.39 is 72.3 Å². The molecule has 0 bridgehead atoms. The summed E-state index contributed by atoms with van der Waals surface area (Å²) >= 11 is 0. The molecule has 638 valence electrons. The van der Waals surface area contributed by atoms with E-state index in [0.29, 0.717) is 0 Å². The van der Waals surface area contributed by atoms with Crippen molar-refractivity contribution in [1.82, 2.24) is 48.9 Å². The predicted molar refractivity (Wildman–Crippen MR) is 538 cm³/mol. The van der Waals surface area contributed by atoms with Crippen molar-refractivity contribution >= 4 is 229 Å². The van der Waals surface area contributed by atoms with Crippen molar-refractivity contribution in [1.29, 1.82) is 0 Å². The Bertz CT molecular complexity index is 7670. The molecule has 0 amide bonds. The van der Waals surface area contributed by atoms with Crippen LogP contribution in [0.3, 0.4) is 0 Å². The third-order valence-electron chi connectivity index (χ3n) is 27.7. The first-order chi connectivity index (χ1) is 58.5. The number of benzene rings is 10. The van der Waals surface area contributed by atoms with Crippen LogP contribution in [0, 0.1) is 0 Å². The van der Waals surface area contributed by atoms with E-state index in [-0.39, 0.29) is 48.7 Å².